The van der Waals surface area contributed by atoms with Crippen LogP contribution in [-0.4, -0.2) is 43.5 Å². The number of hydrogen-bond donors (Lipinski definition) is 3. The number of rotatable bonds is 8. The van der Waals surface area contributed by atoms with Crippen LogP contribution < -0.4 is 21.3 Å². The van der Waals surface area contributed by atoms with Crippen molar-refractivity contribution in [3.05, 3.63) is 91.4 Å². The van der Waals surface area contributed by atoms with Crippen molar-refractivity contribution in [1.82, 2.24) is 24.7 Å². The summed E-state index contributed by atoms with van der Waals surface area (Å²) in [5.41, 5.74) is 0.708. The van der Waals surface area contributed by atoms with E-state index in [1.54, 1.807) is 35.9 Å². The van der Waals surface area contributed by atoms with Gasteiger partial charge in [0.1, 0.15) is 11.6 Å². The van der Waals surface area contributed by atoms with E-state index in [0.29, 0.717) is 28.1 Å². The number of aromatic amines is 2. The molecule has 34 heavy (non-hydrogen) atoms. The van der Waals surface area contributed by atoms with Crippen LogP contribution in [0.25, 0.3) is 5.69 Å². The molecule has 10 nitrogen and oxygen atoms in total. The lowest BCUT2D eigenvalue weighted by molar-refractivity contribution is -0.113. The standard InChI is InChI=1S/C22H19BrN6O4S/c1-33-17-8-6-16(7-9-17)29-18(10-15-11-19(30)26-21(32)25-15)27-28-22(29)34-12-20(31)24-14-4-2-13(23)3-5-14/h2-9,11H,10,12H2,1H3,(H,24,31)(H2,25,26,30,32). The van der Waals surface area contributed by atoms with E-state index in [0.717, 1.165) is 10.2 Å². The molecule has 0 radical (unpaired) electrons. The van der Waals surface area contributed by atoms with Crippen molar-refractivity contribution in [2.45, 2.75) is 11.6 Å². The van der Waals surface area contributed by atoms with Crippen LogP contribution in [0.4, 0.5) is 5.69 Å². The fraction of sp³-hybridized carbons (Fsp3) is 0.136. The van der Waals surface area contributed by atoms with Gasteiger partial charge in [0.25, 0.3) is 5.56 Å². The third-order valence-corrected chi connectivity index (χ3v) is 6.11. The van der Waals surface area contributed by atoms with Gasteiger partial charge in [-0.15, -0.1) is 10.2 Å². The van der Waals surface area contributed by atoms with E-state index >= 15 is 0 Å². The van der Waals surface area contributed by atoms with Gasteiger partial charge in [-0.2, -0.15) is 0 Å². The molecule has 0 aliphatic carbocycles. The minimum atomic E-state index is -0.600. The summed E-state index contributed by atoms with van der Waals surface area (Å²) in [6.45, 7) is 0. The number of benzene rings is 2. The lowest BCUT2D eigenvalue weighted by atomic mass is 10.2. The first-order chi connectivity index (χ1) is 16.4. The van der Waals surface area contributed by atoms with Crippen LogP contribution in [0.2, 0.25) is 0 Å². The molecule has 2 heterocycles. The maximum atomic E-state index is 12.5. The molecule has 0 unspecified atom stereocenters. The Hall–Kier alpha value is -3.64. The number of halogens is 1. The molecule has 2 aromatic carbocycles. The van der Waals surface area contributed by atoms with Crippen molar-refractivity contribution >= 4 is 39.3 Å². The Morgan fingerprint density at radius 2 is 1.82 bits per heavy atom. The third kappa shape index (κ3) is 5.83. The fourth-order valence-corrected chi connectivity index (χ4v) is 4.18. The van der Waals surface area contributed by atoms with Crippen molar-refractivity contribution in [3.63, 3.8) is 0 Å². The molecule has 0 saturated heterocycles. The normalized spacial score (nSPS) is 10.8. The second kappa shape index (κ2) is 10.5. The van der Waals surface area contributed by atoms with E-state index in [1.165, 1.54) is 17.8 Å². The molecule has 12 heteroatoms. The van der Waals surface area contributed by atoms with Crippen molar-refractivity contribution < 1.29 is 9.53 Å². The third-order valence-electron chi connectivity index (χ3n) is 4.66. The molecule has 0 atom stereocenters. The highest BCUT2D eigenvalue weighted by molar-refractivity contribution is 9.10. The Morgan fingerprint density at radius 1 is 1.09 bits per heavy atom. The summed E-state index contributed by atoms with van der Waals surface area (Å²) in [4.78, 5) is 40.6. The number of carbonyl (C=O) groups is 1. The van der Waals surface area contributed by atoms with Crippen LogP contribution in [0.5, 0.6) is 5.75 Å². The number of H-pyrrole nitrogens is 2. The summed E-state index contributed by atoms with van der Waals surface area (Å²) in [6, 6.07) is 15.8. The summed E-state index contributed by atoms with van der Waals surface area (Å²) in [7, 11) is 1.58. The minimum absolute atomic E-state index is 0.103. The minimum Gasteiger partial charge on any atom is -0.497 e. The van der Waals surface area contributed by atoms with Crippen LogP contribution in [0, 0.1) is 0 Å². The number of nitrogens with one attached hydrogen (secondary N) is 3. The van der Waals surface area contributed by atoms with Crippen molar-refractivity contribution in [1.29, 1.82) is 0 Å². The van der Waals surface area contributed by atoms with E-state index in [4.69, 9.17) is 4.74 Å². The Bertz CT molecular complexity index is 1380. The average Bonchev–Trinajstić information content (AvgIpc) is 3.21. The molecule has 0 spiro atoms. The largest absolute Gasteiger partial charge is 0.497 e. The predicted octanol–water partition coefficient (Wildman–Crippen LogP) is 2.74. The van der Waals surface area contributed by atoms with E-state index in [9.17, 15) is 14.4 Å². The van der Waals surface area contributed by atoms with Crippen LogP contribution in [0.1, 0.15) is 11.5 Å². The summed E-state index contributed by atoms with van der Waals surface area (Å²) in [5.74, 6) is 1.08. The number of aromatic nitrogens is 5. The zero-order chi connectivity index (χ0) is 24.1. The number of carbonyl (C=O) groups excluding carboxylic acids is 1. The number of anilines is 1. The summed E-state index contributed by atoms with van der Waals surface area (Å²) < 4.78 is 7.93. The van der Waals surface area contributed by atoms with Crippen molar-refractivity contribution in [2.75, 3.05) is 18.2 Å². The van der Waals surface area contributed by atoms with Crippen LogP contribution >= 0.6 is 27.7 Å². The van der Waals surface area contributed by atoms with E-state index in [2.05, 4.69) is 41.4 Å². The molecule has 174 valence electrons. The van der Waals surface area contributed by atoms with Gasteiger partial charge in [-0.1, -0.05) is 27.7 Å². The van der Waals surface area contributed by atoms with E-state index in [-0.39, 0.29) is 18.1 Å². The Labute approximate surface area is 205 Å². The first kappa shape index (κ1) is 23.5. The number of amides is 1. The van der Waals surface area contributed by atoms with Gasteiger partial charge in [0.2, 0.25) is 5.91 Å². The molecule has 1 amide bonds. The summed E-state index contributed by atoms with van der Waals surface area (Å²) in [6.07, 6.45) is 0.157. The molecule has 4 rings (SSSR count). The number of hydrogen-bond acceptors (Lipinski definition) is 7. The Morgan fingerprint density at radius 3 is 2.50 bits per heavy atom. The first-order valence-electron chi connectivity index (χ1n) is 10.0. The van der Waals surface area contributed by atoms with Gasteiger partial charge in [-0.05, 0) is 48.5 Å². The van der Waals surface area contributed by atoms with Gasteiger partial charge in [0, 0.05) is 34.0 Å². The van der Waals surface area contributed by atoms with E-state index in [1.807, 2.05) is 24.3 Å². The molecular formula is C22H19BrN6O4S. The van der Waals surface area contributed by atoms with Gasteiger partial charge >= 0.3 is 5.69 Å². The number of methoxy groups -OCH3 is 1. The van der Waals surface area contributed by atoms with Crippen molar-refractivity contribution in [2.24, 2.45) is 0 Å². The van der Waals surface area contributed by atoms with Gasteiger partial charge in [0.15, 0.2) is 5.16 Å². The molecule has 4 aromatic rings. The zero-order valence-electron chi connectivity index (χ0n) is 17.9. The maximum Gasteiger partial charge on any atom is 0.325 e. The summed E-state index contributed by atoms with van der Waals surface area (Å²) in [5, 5.41) is 11.8. The summed E-state index contributed by atoms with van der Waals surface area (Å²) >= 11 is 4.58. The Balaban J connectivity index is 1.59. The second-order valence-corrected chi connectivity index (χ2v) is 8.92. The van der Waals surface area contributed by atoms with E-state index < -0.39 is 11.2 Å². The topological polar surface area (TPSA) is 135 Å². The molecular weight excluding hydrogens is 524 g/mol. The monoisotopic (exact) mass is 542 g/mol. The lowest BCUT2D eigenvalue weighted by Crippen LogP contribution is -2.23. The highest BCUT2D eigenvalue weighted by Gasteiger charge is 2.17. The molecule has 0 saturated carbocycles. The van der Waals surface area contributed by atoms with Crippen molar-refractivity contribution in [3.8, 4) is 11.4 Å². The first-order valence-corrected chi connectivity index (χ1v) is 11.8. The van der Waals surface area contributed by atoms with Crippen LogP contribution in [0.3, 0.4) is 0 Å². The number of thioether (sulfide) groups is 1. The SMILES string of the molecule is COc1ccc(-n2c(Cc3cc(=O)[nH]c(=O)[nH]3)nnc2SCC(=O)Nc2ccc(Br)cc2)cc1. The van der Waals surface area contributed by atoms with Gasteiger partial charge in [0.05, 0.1) is 12.9 Å². The van der Waals surface area contributed by atoms with Gasteiger partial charge in [-0.25, -0.2) is 4.79 Å². The van der Waals surface area contributed by atoms with Gasteiger partial charge < -0.3 is 15.0 Å². The Kier molecular flexibility index (Phi) is 7.28. The molecule has 0 aliphatic rings. The molecule has 0 fully saturated rings. The zero-order valence-corrected chi connectivity index (χ0v) is 20.3. The highest BCUT2D eigenvalue weighted by atomic mass is 79.9. The number of nitrogens with zero attached hydrogens (tertiary/aromatic N) is 3. The molecule has 0 bridgehead atoms. The molecule has 0 aliphatic heterocycles. The highest BCUT2D eigenvalue weighted by Crippen LogP contribution is 2.25. The molecule has 2 aromatic heterocycles. The van der Waals surface area contributed by atoms with Gasteiger partial charge in [-0.3, -0.25) is 19.1 Å². The predicted molar refractivity (Wildman–Crippen MR) is 132 cm³/mol. The molecule has 3 N–H and O–H groups in total. The smallest absolute Gasteiger partial charge is 0.325 e. The maximum absolute atomic E-state index is 12.5. The lowest BCUT2D eigenvalue weighted by Gasteiger charge is -2.11. The number of ether oxygens (including phenoxy) is 1. The average molecular weight is 543 g/mol. The quantitative estimate of drug-likeness (QED) is 0.291. The van der Waals surface area contributed by atoms with Crippen LogP contribution in [0.15, 0.2) is 73.8 Å². The second-order valence-electron chi connectivity index (χ2n) is 7.07. The fourth-order valence-electron chi connectivity index (χ4n) is 3.14. The van der Waals surface area contributed by atoms with Crippen LogP contribution in [-0.2, 0) is 11.2 Å².